The van der Waals surface area contributed by atoms with Crippen LogP contribution in [0.25, 0.3) is 0 Å². The van der Waals surface area contributed by atoms with Crippen LogP contribution < -0.4 is 0 Å². The molecule has 0 aliphatic rings. The summed E-state index contributed by atoms with van der Waals surface area (Å²) in [6.45, 7) is 10.3. The van der Waals surface area contributed by atoms with Gasteiger partial charge in [0.25, 0.3) is 0 Å². The van der Waals surface area contributed by atoms with Crippen molar-refractivity contribution in [3.63, 3.8) is 0 Å². The van der Waals surface area contributed by atoms with Gasteiger partial charge in [-0.05, 0) is 13.8 Å². The molecule has 0 aliphatic carbocycles. The van der Waals surface area contributed by atoms with Gasteiger partial charge in [-0.1, -0.05) is 18.2 Å². The van der Waals surface area contributed by atoms with E-state index in [-0.39, 0.29) is 6.42 Å². The molecule has 0 aromatic carbocycles. The third-order valence-electron chi connectivity index (χ3n) is 1.62. The lowest BCUT2D eigenvalue weighted by Gasteiger charge is -2.08. The van der Waals surface area contributed by atoms with E-state index in [0.717, 1.165) is 0 Å². The normalized spacial score (nSPS) is 11.5. The number of rotatable bonds is 4. The highest BCUT2D eigenvalue weighted by Gasteiger charge is 2.17. The average Bonchev–Trinajstić information content (AvgIpc) is 2.03. The number of hydrogen-bond acceptors (Lipinski definition) is 3. The molecule has 0 radical (unpaired) electrons. The summed E-state index contributed by atoms with van der Waals surface area (Å²) in [4.78, 5) is 22.0. The second-order valence-electron chi connectivity index (χ2n) is 2.85. The van der Waals surface area contributed by atoms with Crippen LogP contribution in [0.1, 0.15) is 20.3 Å². The van der Waals surface area contributed by atoms with Crippen molar-refractivity contribution in [1.29, 1.82) is 0 Å². The van der Waals surface area contributed by atoms with Crippen molar-refractivity contribution in [3.8, 4) is 0 Å². The Balaban J connectivity index is 4.07. The largest absolute Gasteiger partial charge is 0.392 e. The zero-order valence-corrected chi connectivity index (χ0v) is 8.00. The standard InChI is InChI=1S/C10H14O3/c1-5-6-9(11)13-10(12)8(4)7(2)3/h5,8H,1-2,6H2,3-4H3. The van der Waals surface area contributed by atoms with Gasteiger partial charge in [0.1, 0.15) is 0 Å². The van der Waals surface area contributed by atoms with Gasteiger partial charge in [0.15, 0.2) is 0 Å². The van der Waals surface area contributed by atoms with Crippen LogP contribution in [0.3, 0.4) is 0 Å². The Morgan fingerprint density at radius 1 is 1.54 bits per heavy atom. The Kier molecular flexibility index (Phi) is 4.74. The molecule has 1 atom stereocenters. The first-order chi connectivity index (χ1) is 5.99. The molecule has 0 rings (SSSR count). The number of esters is 2. The van der Waals surface area contributed by atoms with Gasteiger partial charge in [-0.3, -0.25) is 9.59 Å². The lowest BCUT2D eigenvalue weighted by molar-refractivity contribution is -0.160. The molecule has 0 aromatic rings. The lowest BCUT2D eigenvalue weighted by atomic mass is 10.1. The van der Waals surface area contributed by atoms with E-state index in [2.05, 4.69) is 17.9 Å². The molecule has 0 aliphatic heterocycles. The molecular weight excluding hydrogens is 168 g/mol. The molecule has 0 heterocycles. The summed E-state index contributed by atoms with van der Waals surface area (Å²) in [5, 5.41) is 0. The molecule has 0 amide bonds. The van der Waals surface area contributed by atoms with Gasteiger partial charge in [0, 0.05) is 0 Å². The molecule has 0 saturated heterocycles. The Morgan fingerprint density at radius 2 is 2.08 bits per heavy atom. The fourth-order valence-corrected chi connectivity index (χ4v) is 0.561. The molecule has 0 aromatic heterocycles. The topological polar surface area (TPSA) is 43.4 Å². The van der Waals surface area contributed by atoms with Crippen LogP contribution in [-0.2, 0) is 14.3 Å². The first kappa shape index (κ1) is 11.6. The summed E-state index contributed by atoms with van der Waals surface area (Å²) in [5.41, 5.74) is 0.677. The minimum Gasteiger partial charge on any atom is -0.392 e. The summed E-state index contributed by atoms with van der Waals surface area (Å²) in [7, 11) is 0. The minimum absolute atomic E-state index is 0.0502. The van der Waals surface area contributed by atoms with Crippen LogP contribution in [0.5, 0.6) is 0 Å². The first-order valence-electron chi connectivity index (χ1n) is 3.99. The van der Waals surface area contributed by atoms with E-state index in [9.17, 15) is 9.59 Å². The molecular formula is C10H14O3. The maximum absolute atomic E-state index is 11.1. The summed E-state index contributed by atoms with van der Waals surface area (Å²) in [6, 6.07) is 0. The van der Waals surface area contributed by atoms with Crippen molar-refractivity contribution in [1.82, 2.24) is 0 Å². The van der Waals surface area contributed by atoms with E-state index in [0.29, 0.717) is 5.57 Å². The first-order valence-corrected chi connectivity index (χ1v) is 3.99. The van der Waals surface area contributed by atoms with Crippen LogP contribution >= 0.6 is 0 Å². The zero-order valence-electron chi connectivity index (χ0n) is 8.00. The molecule has 3 nitrogen and oxygen atoms in total. The summed E-state index contributed by atoms with van der Waals surface area (Å²) >= 11 is 0. The third kappa shape index (κ3) is 4.25. The van der Waals surface area contributed by atoms with E-state index < -0.39 is 17.9 Å². The van der Waals surface area contributed by atoms with Crippen LogP contribution in [-0.4, -0.2) is 11.9 Å². The smallest absolute Gasteiger partial charge is 0.320 e. The number of hydrogen-bond donors (Lipinski definition) is 0. The fourth-order valence-electron chi connectivity index (χ4n) is 0.561. The van der Waals surface area contributed by atoms with E-state index in [1.54, 1.807) is 13.8 Å². The van der Waals surface area contributed by atoms with Crippen LogP contribution in [0.15, 0.2) is 24.8 Å². The molecule has 0 bridgehead atoms. The number of carbonyl (C=O) groups excluding carboxylic acids is 2. The quantitative estimate of drug-likeness (QED) is 0.378. The fraction of sp³-hybridized carbons (Fsp3) is 0.400. The van der Waals surface area contributed by atoms with Crippen molar-refractivity contribution in [2.75, 3.05) is 0 Å². The number of carbonyl (C=O) groups is 2. The molecule has 13 heavy (non-hydrogen) atoms. The van der Waals surface area contributed by atoms with E-state index in [1.165, 1.54) is 6.08 Å². The third-order valence-corrected chi connectivity index (χ3v) is 1.62. The highest BCUT2D eigenvalue weighted by molar-refractivity contribution is 5.88. The highest BCUT2D eigenvalue weighted by atomic mass is 16.6. The van der Waals surface area contributed by atoms with Crippen molar-refractivity contribution in [3.05, 3.63) is 24.8 Å². The van der Waals surface area contributed by atoms with Gasteiger partial charge >= 0.3 is 11.9 Å². The van der Waals surface area contributed by atoms with Crippen LogP contribution in [0.2, 0.25) is 0 Å². The average molecular weight is 182 g/mol. The molecule has 0 N–H and O–H groups in total. The van der Waals surface area contributed by atoms with Crippen LogP contribution in [0.4, 0.5) is 0 Å². The van der Waals surface area contributed by atoms with Gasteiger partial charge in [0.05, 0.1) is 12.3 Å². The Bertz CT molecular complexity index is 241. The SMILES string of the molecule is C=CCC(=O)OC(=O)C(C)C(=C)C. The van der Waals surface area contributed by atoms with E-state index in [1.807, 2.05) is 0 Å². The highest BCUT2D eigenvalue weighted by Crippen LogP contribution is 2.09. The molecule has 0 fully saturated rings. The maximum atomic E-state index is 11.1. The van der Waals surface area contributed by atoms with Crippen molar-refractivity contribution >= 4 is 11.9 Å². The Hall–Kier alpha value is -1.38. The Labute approximate surface area is 78.1 Å². The van der Waals surface area contributed by atoms with Gasteiger partial charge < -0.3 is 4.74 Å². The second-order valence-corrected chi connectivity index (χ2v) is 2.85. The van der Waals surface area contributed by atoms with Gasteiger partial charge in [-0.15, -0.1) is 6.58 Å². The lowest BCUT2D eigenvalue weighted by Crippen LogP contribution is -2.19. The second kappa shape index (κ2) is 5.30. The monoisotopic (exact) mass is 182 g/mol. The van der Waals surface area contributed by atoms with Gasteiger partial charge in [-0.2, -0.15) is 0 Å². The van der Waals surface area contributed by atoms with Crippen molar-refractivity contribution < 1.29 is 14.3 Å². The van der Waals surface area contributed by atoms with Gasteiger partial charge in [-0.25, -0.2) is 0 Å². The zero-order chi connectivity index (χ0) is 10.4. The molecule has 3 heteroatoms. The number of ether oxygens (including phenoxy) is 1. The molecule has 0 spiro atoms. The predicted octanol–water partition coefficient (Wildman–Crippen LogP) is 1.84. The predicted molar refractivity (Wildman–Crippen MR) is 49.9 cm³/mol. The van der Waals surface area contributed by atoms with Crippen molar-refractivity contribution in [2.24, 2.45) is 5.92 Å². The Morgan fingerprint density at radius 3 is 2.46 bits per heavy atom. The summed E-state index contributed by atoms with van der Waals surface area (Å²) in [6.07, 6.45) is 1.44. The molecule has 1 unspecified atom stereocenters. The molecule has 0 saturated carbocycles. The minimum atomic E-state index is -0.576. The maximum Gasteiger partial charge on any atom is 0.320 e. The van der Waals surface area contributed by atoms with E-state index >= 15 is 0 Å². The summed E-state index contributed by atoms with van der Waals surface area (Å²) < 4.78 is 4.50. The van der Waals surface area contributed by atoms with Crippen LogP contribution in [0, 0.1) is 5.92 Å². The van der Waals surface area contributed by atoms with E-state index in [4.69, 9.17) is 0 Å². The summed E-state index contributed by atoms with van der Waals surface area (Å²) in [5.74, 6) is -1.57. The molecule has 72 valence electrons. The van der Waals surface area contributed by atoms with Crippen molar-refractivity contribution in [2.45, 2.75) is 20.3 Å². The van der Waals surface area contributed by atoms with Gasteiger partial charge in [0.2, 0.25) is 0 Å².